The summed E-state index contributed by atoms with van der Waals surface area (Å²) in [5.74, 6) is -0.472. The summed E-state index contributed by atoms with van der Waals surface area (Å²) in [6.07, 6.45) is 9.17. The normalized spacial score (nSPS) is 24.4. The van der Waals surface area contributed by atoms with Crippen molar-refractivity contribution in [3.05, 3.63) is 48.5 Å². The van der Waals surface area contributed by atoms with E-state index in [4.69, 9.17) is 5.73 Å². The number of piperidine rings is 1. The minimum Gasteiger partial charge on any atom is -0.397 e. The highest BCUT2D eigenvalue weighted by Gasteiger charge is 2.60. The highest BCUT2D eigenvalue weighted by atomic mass is 32.2. The Morgan fingerprint density at radius 2 is 1.61 bits per heavy atom. The van der Waals surface area contributed by atoms with Crippen LogP contribution in [0, 0.1) is 5.41 Å². The third-order valence-corrected chi connectivity index (χ3v) is 11.1. The van der Waals surface area contributed by atoms with Crippen LogP contribution in [0.15, 0.2) is 53.4 Å². The summed E-state index contributed by atoms with van der Waals surface area (Å²) >= 11 is 0. The second-order valence-corrected chi connectivity index (χ2v) is 13.2. The van der Waals surface area contributed by atoms with E-state index in [1.807, 2.05) is 12.1 Å². The first-order valence-corrected chi connectivity index (χ1v) is 14.8. The van der Waals surface area contributed by atoms with Crippen molar-refractivity contribution in [3.63, 3.8) is 0 Å². The summed E-state index contributed by atoms with van der Waals surface area (Å²) < 4.78 is 27.0. The quantitative estimate of drug-likeness (QED) is 0.418. The molecule has 5 N–H and O–H groups in total. The Hall–Kier alpha value is -2.58. The molecule has 1 amide bonds. The number of nitrogens with two attached hydrogens (primary N) is 1. The molecule has 3 fully saturated rings. The largest absolute Gasteiger partial charge is 0.397 e. The van der Waals surface area contributed by atoms with Gasteiger partial charge in [-0.25, -0.2) is 8.42 Å². The lowest BCUT2D eigenvalue weighted by Gasteiger charge is -2.36. The monoisotopic (exact) mass is 510 g/mol. The number of para-hydroxylation sites is 2. The van der Waals surface area contributed by atoms with Gasteiger partial charge in [0.1, 0.15) is 0 Å². The van der Waals surface area contributed by atoms with Crippen molar-refractivity contribution in [3.8, 4) is 0 Å². The summed E-state index contributed by atoms with van der Waals surface area (Å²) in [6, 6.07) is 14.5. The molecule has 8 heteroatoms. The number of benzene rings is 2. The lowest BCUT2D eigenvalue weighted by atomic mass is 9.77. The molecule has 36 heavy (non-hydrogen) atoms. The Bertz CT molecular complexity index is 1190. The summed E-state index contributed by atoms with van der Waals surface area (Å²) in [5.41, 5.74) is 7.75. The lowest BCUT2D eigenvalue weighted by Crippen LogP contribution is -2.49. The van der Waals surface area contributed by atoms with Gasteiger partial charge in [-0.05, 0) is 99.8 Å². The van der Waals surface area contributed by atoms with Gasteiger partial charge < -0.3 is 21.7 Å². The van der Waals surface area contributed by atoms with Crippen LogP contribution in [0.4, 0.5) is 17.1 Å². The minimum absolute atomic E-state index is 0.139. The molecule has 0 radical (unpaired) electrons. The number of rotatable bonds is 6. The van der Waals surface area contributed by atoms with Gasteiger partial charge in [-0.15, -0.1) is 0 Å². The number of sulfone groups is 1. The number of nitrogen functional groups attached to an aromatic ring is 1. The fraction of sp³-hybridized carbons (Fsp3) is 0.536. The van der Waals surface area contributed by atoms with Crippen LogP contribution in [0.2, 0.25) is 0 Å². The van der Waals surface area contributed by atoms with E-state index in [1.165, 1.54) is 19.3 Å². The number of carbonyl (C=O) groups is 1. The van der Waals surface area contributed by atoms with Crippen LogP contribution in [-0.4, -0.2) is 38.2 Å². The van der Waals surface area contributed by atoms with Gasteiger partial charge in [-0.3, -0.25) is 4.79 Å². The predicted molar refractivity (Wildman–Crippen MR) is 145 cm³/mol. The van der Waals surface area contributed by atoms with Crippen molar-refractivity contribution in [2.45, 2.75) is 79.9 Å². The Labute approximate surface area is 214 Å². The van der Waals surface area contributed by atoms with E-state index < -0.39 is 20.5 Å². The first-order valence-electron chi connectivity index (χ1n) is 13.3. The molecular formula is C28H38N4O3S. The average Bonchev–Trinajstić information content (AvgIpc) is 3.27. The number of nitrogens with one attached hydrogen (secondary N) is 3. The van der Waals surface area contributed by atoms with E-state index in [-0.39, 0.29) is 10.3 Å². The van der Waals surface area contributed by atoms with Gasteiger partial charge in [-0.2, -0.15) is 0 Å². The van der Waals surface area contributed by atoms with Crippen molar-refractivity contribution >= 4 is 32.8 Å². The maximum Gasteiger partial charge on any atom is 0.246 e. The molecule has 7 nitrogen and oxygen atoms in total. The maximum atomic E-state index is 14.3. The van der Waals surface area contributed by atoms with Gasteiger partial charge >= 0.3 is 0 Å². The Morgan fingerprint density at radius 3 is 2.31 bits per heavy atom. The zero-order valence-electron chi connectivity index (χ0n) is 20.9. The fourth-order valence-corrected chi connectivity index (χ4v) is 8.57. The molecule has 3 aliphatic rings. The van der Waals surface area contributed by atoms with Crippen LogP contribution < -0.4 is 21.7 Å². The van der Waals surface area contributed by atoms with Gasteiger partial charge in [0.25, 0.3) is 0 Å². The van der Waals surface area contributed by atoms with E-state index >= 15 is 0 Å². The molecule has 2 aromatic rings. The minimum atomic E-state index is -3.96. The van der Waals surface area contributed by atoms with Crippen molar-refractivity contribution in [1.29, 1.82) is 0 Å². The van der Waals surface area contributed by atoms with E-state index in [0.29, 0.717) is 30.3 Å². The molecule has 2 aliphatic carbocycles. The highest BCUT2D eigenvalue weighted by Crippen LogP contribution is 2.54. The molecule has 1 saturated heterocycles. The number of hydrogen-bond acceptors (Lipinski definition) is 6. The number of hydrogen-bond donors (Lipinski definition) is 4. The third-order valence-electron chi connectivity index (χ3n) is 8.66. The van der Waals surface area contributed by atoms with Crippen LogP contribution in [0.3, 0.4) is 0 Å². The van der Waals surface area contributed by atoms with E-state index in [0.717, 1.165) is 50.9 Å². The third kappa shape index (κ3) is 4.73. The SMILES string of the molecule is Nc1ccccc1NC(=O)C1(S(=O)(=O)c2ccc(NC3CCCCC3)cc2)CCC2(CCNCC2)C1. The fourth-order valence-electron chi connectivity index (χ4n) is 6.46. The van der Waals surface area contributed by atoms with Crippen molar-refractivity contribution in [2.24, 2.45) is 5.41 Å². The lowest BCUT2D eigenvalue weighted by molar-refractivity contribution is -0.118. The van der Waals surface area contributed by atoms with Crippen molar-refractivity contribution < 1.29 is 13.2 Å². The second-order valence-electron chi connectivity index (χ2n) is 11.0. The summed E-state index contributed by atoms with van der Waals surface area (Å²) in [5, 5.41) is 9.81. The molecule has 5 rings (SSSR count). The van der Waals surface area contributed by atoms with Crippen molar-refractivity contribution in [1.82, 2.24) is 5.32 Å². The van der Waals surface area contributed by atoms with Crippen molar-refractivity contribution in [2.75, 3.05) is 29.5 Å². The zero-order chi connectivity index (χ0) is 25.2. The number of anilines is 3. The van der Waals surface area contributed by atoms with Gasteiger partial charge in [-0.1, -0.05) is 31.4 Å². The molecule has 2 aromatic carbocycles. The topological polar surface area (TPSA) is 113 Å². The summed E-state index contributed by atoms with van der Waals surface area (Å²) in [6.45, 7) is 1.70. The molecule has 1 aliphatic heterocycles. The standard InChI is InChI=1S/C28H38N4O3S/c29-24-8-4-5-9-25(24)32-26(33)28(15-14-27(20-28)16-18-30-19-17-27)36(34,35)23-12-10-22(11-13-23)31-21-6-2-1-3-7-21/h4-5,8-13,21,30-31H,1-3,6-7,14-20,29H2,(H,32,33). The Morgan fingerprint density at radius 1 is 0.917 bits per heavy atom. The van der Waals surface area contributed by atoms with Gasteiger partial charge in [0.15, 0.2) is 14.6 Å². The molecule has 1 atom stereocenters. The van der Waals surface area contributed by atoms with Crippen LogP contribution in [0.1, 0.15) is 64.2 Å². The molecule has 1 spiro atoms. The van der Waals surface area contributed by atoms with E-state index in [1.54, 1.807) is 36.4 Å². The van der Waals surface area contributed by atoms with Crippen LogP contribution in [0.5, 0.6) is 0 Å². The van der Waals surface area contributed by atoms with Gasteiger partial charge in [0.05, 0.1) is 16.3 Å². The molecular weight excluding hydrogens is 472 g/mol. The molecule has 0 aromatic heterocycles. The van der Waals surface area contributed by atoms with Gasteiger partial charge in [0, 0.05) is 11.7 Å². The van der Waals surface area contributed by atoms with E-state index in [9.17, 15) is 13.2 Å². The van der Waals surface area contributed by atoms with E-state index in [2.05, 4.69) is 16.0 Å². The molecule has 1 heterocycles. The average molecular weight is 511 g/mol. The van der Waals surface area contributed by atoms with Gasteiger partial charge in [0.2, 0.25) is 5.91 Å². The first kappa shape index (κ1) is 25.1. The summed E-state index contributed by atoms with van der Waals surface area (Å²) in [7, 11) is -3.96. The molecule has 0 bridgehead atoms. The smallest absolute Gasteiger partial charge is 0.246 e. The molecule has 1 unspecified atom stereocenters. The number of amides is 1. The highest BCUT2D eigenvalue weighted by molar-refractivity contribution is 7.93. The zero-order valence-corrected chi connectivity index (χ0v) is 21.7. The molecule has 194 valence electrons. The second kappa shape index (κ2) is 10.1. The van der Waals surface area contributed by atoms with Crippen LogP contribution in [0.25, 0.3) is 0 Å². The van der Waals surface area contributed by atoms with Crippen LogP contribution >= 0.6 is 0 Å². The Balaban J connectivity index is 1.45. The number of carbonyl (C=O) groups excluding carboxylic acids is 1. The molecule has 2 saturated carbocycles. The van der Waals surface area contributed by atoms with Crippen LogP contribution in [-0.2, 0) is 14.6 Å². The first-order chi connectivity index (χ1) is 17.3. The maximum absolute atomic E-state index is 14.3. The predicted octanol–water partition coefficient (Wildman–Crippen LogP) is 4.72. The Kier molecular flexibility index (Phi) is 7.01. The summed E-state index contributed by atoms with van der Waals surface area (Å²) in [4.78, 5) is 14.1.